The number of rotatable bonds is 3. The first kappa shape index (κ1) is 17.2. The van der Waals surface area contributed by atoms with Crippen LogP contribution in [0.25, 0.3) is 0 Å². The van der Waals surface area contributed by atoms with Crippen molar-refractivity contribution in [2.24, 2.45) is 0 Å². The normalized spacial score (nSPS) is 22.3. The van der Waals surface area contributed by atoms with Crippen molar-refractivity contribution >= 4 is 0 Å². The second-order valence-electron chi connectivity index (χ2n) is 6.67. The van der Waals surface area contributed by atoms with Crippen LogP contribution in [0.3, 0.4) is 0 Å². The minimum Gasteiger partial charge on any atom is -0.384 e. The maximum Gasteiger partial charge on any atom is 0.416 e. The van der Waals surface area contributed by atoms with Crippen LogP contribution in [0.2, 0.25) is 0 Å². The van der Waals surface area contributed by atoms with Gasteiger partial charge in [-0.05, 0) is 38.5 Å². The van der Waals surface area contributed by atoms with Crippen molar-refractivity contribution in [1.29, 1.82) is 0 Å². The molecule has 1 aromatic rings. The van der Waals surface area contributed by atoms with Gasteiger partial charge in [0.25, 0.3) is 0 Å². The first-order valence-electron chi connectivity index (χ1n) is 7.26. The summed E-state index contributed by atoms with van der Waals surface area (Å²) in [5.74, 6) is 0. The summed E-state index contributed by atoms with van der Waals surface area (Å²) in [5.41, 5.74) is -2.14. The Morgan fingerprint density at radius 2 is 1.91 bits per heavy atom. The molecule has 1 unspecified atom stereocenters. The van der Waals surface area contributed by atoms with E-state index >= 15 is 0 Å². The maximum absolute atomic E-state index is 12.8. The molecule has 22 heavy (non-hydrogen) atoms. The maximum atomic E-state index is 12.8. The smallest absolute Gasteiger partial charge is 0.384 e. The van der Waals surface area contributed by atoms with Gasteiger partial charge in [0.2, 0.25) is 0 Å². The largest absolute Gasteiger partial charge is 0.416 e. The van der Waals surface area contributed by atoms with Gasteiger partial charge < -0.3 is 9.84 Å². The van der Waals surface area contributed by atoms with Crippen LogP contribution in [0.4, 0.5) is 13.2 Å². The topological polar surface area (TPSA) is 32.7 Å². The monoisotopic (exact) mass is 317 g/mol. The van der Waals surface area contributed by atoms with Crippen molar-refractivity contribution in [1.82, 2.24) is 4.90 Å². The Hall–Kier alpha value is -1.11. The van der Waals surface area contributed by atoms with Crippen molar-refractivity contribution < 1.29 is 23.0 Å². The molecule has 1 fully saturated rings. The van der Waals surface area contributed by atoms with Crippen LogP contribution in [-0.2, 0) is 16.5 Å². The number of halogens is 3. The van der Waals surface area contributed by atoms with E-state index in [1.165, 1.54) is 12.1 Å². The van der Waals surface area contributed by atoms with Gasteiger partial charge in [-0.15, -0.1) is 0 Å². The average Bonchev–Trinajstić information content (AvgIpc) is 2.36. The highest BCUT2D eigenvalue weighted by molar-refractivity contribution is 5.29. The van der Waals surface area contributed by atoms with Gasteiger partial charge in [0.15, 0.2) is 0 Å². The third kappa shape index (κ3) is 4.21. The zero-order valence-electron chi connectivity index (χ0n) is 13.1. The summed E-state index contributed by atoms with van der Waals surface area (Å²) in [6.07, 6.45) is -4.41. The minimum absolute atomic E-state index is 0.265. The Morgan fingerprint density at radius 3 is 2.50 bits per heavy atom. The number of morpholine rings is 1. The Morgan fingerprint density at radius 1 is 1.27 bits per heavy atom. The first-order valence-corrected chi connectivity index (χ1v) is 7.26. The van der Waals surface area contributed by atoms with E-state index in [2.05, 4.69) is 0 Å². The van der Waals surface area contributed by atoms with Crippen molar-refractivity contribution in [3.63, 3.8) is 0 Å². The zero-order chi connectivity index (χ0) is 16.6. The van der Waals surface area contributed by atoms with Crippen molar-refractivity contribution in [3.8, 4) is 0 Å². The molecule has 1 heterocycles. The molecular formula is C16H22F3NO2. The van der Waals surface area contributed by atoms with Crippen LogP contribution in [0.15, 0.2) is 24.3 Å². The molecule has 0 aromatic heterocycles. The van der Waals surface area contributed by atoms with Crippen LogP contribution in [0.1, 0.15) is 31.9 Å². The summed E-state index contributed by atoms with van der Waals surface area (Å²) in [7, 11) is 0. The van der Waals surface area contributed by atoms with Gasteiger partial charge in [0.05, 0.1) is 23.4 Å². The molecule has 124 valence electrons. The molecule has 6 heteroatoms. The summed E-state index contributed by atoms with van der Waals surface area (Å²) in [5, 5.41) is 10.6. The van der Waals surface area contributed by atoms with Crippen molar-refractivity contribution in [2.75, 3.05) is 26.2 Å². The van der Waals surface area contributed by atoms with Gasteiger partial charge in [-0.3, -0.25) is 4.90 Å². The molecule has 1 aliphatic heterocycles. The molecular weight excluding hydrogens is 295 g/mol. The van der Waals surface area contributed by atoms with E-state index in [9.17, 15) is 18.3 Å². The molecule has 0 aliphatic carbocycles. The molecule has 1 saturated heterocycles. The van der Waals surface area contributed by atoms with Gasteiger partial charge in [-0.25, -0.2) is 0 Å². The molecule has 0 amide bonds. The number of hydrogen-bond donors (Lipinski definition) is 1. The van der Waals surface area contributed by atoms with E-state index in [0.29, 0.717) is 19.7 Å². The van der Waals surface area contributed by atoms with Gasteiger partial charge in [0.1, 0.15) is 0 Å². The van der Waals surface area contributed by atoms with E-state index in [-0.39, 0.29) is 17.7 Å². The number of β-amino-alcohol motifs (C(OH)–C–C–N with tert-alkyl or cyclic N) is 1. The average molecular weight is 317 g/mol. The van der Waals surface area contributed by atoms with E-state index in [1.807, 2.05) is 18.7 Å². The van der Waals surface area contributed by atoms with Crippen molar-refractivity contribution in [2.45, 2.75) is 38.1 Å². The lowest BCUT2D eigenvalue weighted by Crippen LogP contribution is -2.52. The fourth-order valence-electron chi connectivity index (χ4n) is 2.81. The molecule has 1 atom stereocenters. The third-order valence-corrected chi connectivity index (χ3v) is 3.85. The molecule has 3 nitrogen and oxygen atoms in total. The molecule has 0 bridgehead atoms. The van der Waals surface area contributed by atoms with Crippen LogP contribution in [0, 0.1) is 0 Å². The quantitative estimate of drug-likeness (QED) is 0.930. The molecule has 0 saturated carbocycles. The van der Waals surface area contributed by atoms with Gasteiger partial charge in [0, 0.05) is 19.6 Å². The lowest BCUT2D eigenvalue weighted by atomic mass is 9.93. The van der Waals surface area contributed by atoms with E-state index < -0.39 is 17.3 Å². The predicted octanol–water partition coefficient (Wildman–Crippen LogP) is 3.02. The fourth-order valence-corrected chi connectivity index (χ4v) is 2.81. The summed E-state index contributed by atoms with van der Waals surface area (Å²) < 4.78 is 44.0. The highest BCUT2D eigenvalue weighted by Gasteiger charge is 2.35. The number of aliphatic hydroxyl groups is 1. The van der Waals surface area contributed by atoms with Crippen LogP contribution < -0.4 is 0 Å². The van der Waals surface area contributed by atoms with Gasteiger partial charge in [-0.2, -0.15) is 13.2 Å². The summed E-state index contributed by atoms with van der Waals surface area (Å²) in [6, 6.07) is 4.89. The van der Waals surface area contributed by atoms with Crippen molar-refractivity contribution in [3.05, 3.63) is 35.4 Å². The molecule has 0 spiro atoms. The number of nitrogens with zero attached hydrogens (tertiary/aromatic N) is 1. The lowest BCUT2D eigenvalue weighted by molar-refractivity contribution is -0.137. The molecule has 1 aliphatic rings. The second-order valence-corrected chi connectivity index (χ2v) is 6.67. The molecule has 0 radical (unpaired) electrons. The molecule has 2 rings (SSSR count). The number of alkyl halides is 3. The number of ether oxygens (including phenoxy) is 1. The standard InChI is InChI=1S/C16H22F3NO2/c1-14(2)10-20(7-8-22-14)11-15(3,21)12-5-4-6-13(9-12)16(17,18)19/h4-6,9,21H,7-8,10-11H2,1-3H3. The van der Waals surface area contributed by atoms with E-state index in [4.69, 9.17) is 4.74 Å². The Labute approximate surface area is 128 Å². The number of benzene rings is 1. The summed E-state index contributed by atoms with van der Waals surface area (Å²) in [4.78, 5) is 2.02. The van der Waals surface area contributed by atoms with E-state index in [1.54, 1.807) is 6.92 Å². The lowest BCUT2D eigenvalue weighted by Gasteiger charge is -2.41. The second kappa shape index (κ2) is 5.83. The fraction of sp³-hybridized carbons (Fsp3) is 0.625. The highest BCUT2D eigenvalue weighted by atomic mass is 19.4. The third-order valence-electron chi connectivity index (χ3n) is 3.85. The SMILES string of the molecule is CC1(C)CN(CC(C)(O)c2cccc(C(F)(F)F)c2)CCO1. The zero-order valence-corrected chi connectivity index (χ0v) is 13.1. The number of hydrogen-bond acceptors (Lipinski definition) is 3. The summed E-state index contributed by atoms with van der Waals surface area (Å²) >= 11 is 0. The first-order chi connectivity index (χ1) is 10.00. The van der Waals surface area contributed by atoms with Gasteiger partial charge in [-0.1, -0.05) is 12.1 Å². The predicted molar refractivity (Wildman–Crippen MR) is 77.5 cm³/mol. The van der Waals surface area contributed by atoms with Gasteiger partial charge >= 0.3 is 6.18 Å². The molecule has 1 N–H and O–H groups in total. The molecule has 1 aromatic carbocycles. The van der Waals surface area contributed by atoms with Crippen LogP contribution in [0.5, 0.6) is 0 Å². The van der Waals surface area contributed by atoms with E-state index in [0.717, 1.165) is 12.1 Å². The Balaban J connectivity index is 2.16. The van der Waals surface area contributed by atoms with Crippen LogP contribution >= 0.6 is 0 Å². The summed E-state index contributed by atoms with van der Waals surface area (Å²) in [6.45, 7) is 7.55. The Kier molecular flexibility index (Phi) is 4.57. The minimum atomic E-state index is -4.41. The Bertz CT molecular complexity index is 526. The highest BCUT2D eigenvalue weighted by Crippen LogP contribution is 2.32. The van der Waals surface area contributed by atoms with Crippen LogP contribution in [-0.4, -0.2) is 41.8 Å².